The lowest BCUT2D eigenvalue weighted by atomic mass is 10.2. The van der Waals surface area contributed by atoms with Crippen molar-refractivity contribution in [2.24, 2.45) is 0 Å². The summed E-state index contributed by atoms with van der Waals surface area (Å²) in [6.07, 6.45) is 0. The molecule has 1 N–H and O–H groups in total. The van der Waals surface area contributed by atoms with Crippen LogP contribution in [0.4, 0.5) is 5.69 Å². The van der Waals surface area contributed by atoms with Crippen LogP contribution in [-0.2, 0) is 4.79 Å². The number of hydrogen-bond donors (Lipinski definition) is 1. The van der Waals surface area contributed by atoms with Crippen LogP contribution in [0.15, 0.2) is 52.1 Å². The molecule has 0 saturated carbocycles. The fraction of sp³-hybridized carbons (Fsp3) is 0.211. The number of anilines is 1. The number of para-hydroxylation sites is 2. The molecule has 4 rings (SSSR count). The smallest absolute Gasteiger partial charge is 0.277 e. The molecule has 3 aromatic rings. The molecular formula is C19H17N3O5S. The minimum Gasteiger partial charge on any atom is -0.495 e. The van der Waals surface area contributed by atoms with E-state index in [1.54, 1.807) is 38.3 Å². The van der Waals surface area contributed by atoms with Gasteiger partial charge in [-0.1, -0.05) is 23.9 Å². The highest BCUT2D eigenvalue weighted by Crippen LogP contribution is 2.36. The molecule has 9 heteroatoms. The maximum atomic E-state index is 12.5. The standard InChI is InChI=1S/C19H17N3O5S/c1-11(17(23)20-13-5-3-4-6-14(13)24-2)28-19-22-21-18(27-19)12-7-8-15-16(9-12)26-10-25-15/h3-9,11H,10H2,1-2H3,(H,20,23)/t11-/m0/s1. The van der Waals surface area contributed by atoms with Gasteiger partial charge in [-0.05, 0) is 37.3 Å². The van der Waals surface area contributed by atoms with E-state index in [0.29, 0.717) is 34.0 Å². The maximum Gasteiger partial charge on any atom is 0.277 e. The van der Waals surface area contributed by atoms with Gasteiger partial charge in [-0.2, -0.15) is 0 Å². The third-order valence-corrected chi connectivity index (χ3v) is 4.97. The van der Waals surface area contributed by atoms with Crippen LogP contribution < -0.4 is 19.5 Å². The molecule has 1 aliphatic heterocycles. The lowest BCUT2D eigenvalue weighted by molar-refractivity contribution is -0.115. The van der Waals surface area contributed by atoms with Gasteiger partial charge in [0.25, 0.3) is 5.22 Å². The van der Waals surface area contributed by atoms with Gasteiger partial charge in [0.15, 0.2) is 11.5 Å². The zero-order valence-corrected chi connectivity index (χ0v) is 16.0. The number of benzene rings is 2. The van der Waals surface area contributed by atoms with Crippen molar-refractivity contribution < 1.29 is 23.4 Å². The van der Waals surface area contributed by atoms with Gasteiger partial charge in [0.05, 0.1) is 18.0 Å². The summed E-state index contributed by atoms with van der Waals surface area (Å²) in [6.45, 7) is 1.96. The monoisotopic (exact) mass is 399 g/mol. The van der Waals surface area contributed by atoms with E-state index in [1.165, 1.54) is 11.8 Å². The van der Waals surface area contributed by atoms with Crippen LogP contribution in [0.1, 0.15) is 6.92 Å². The number of ether oxygens (including phenoxy) is 3. The molecule has 1 atom stereocenters. The Labute approximate surface area is 165 Å². The van der Waals surface area contributed by atoms with Crippen LogP contribution in [0.2, 0.25) is 0 Å². The second-order valence-corrected chi connectivity index (χ2v) is 7.18. The Morgan fingerprint density at radius 3 is 2.86 bits per heavy atom. The average molecular weight is 399 g/mol. The van der Waals surface area contributed by atoms with E-state index in [4.69, 9.17) is 18.6 Å². The van der Waals surface area contributed by atoms with E-state index in [9.17, 15) is 4.79 Å². The summed E-state index contributed by atoms with van der Waals surface area (Å²) in [5.41, 5.74) is 1.32. The zero-order valence-electron chi connectivity index (χ0n) is 15.2. The molecular weight excluding hydrogens is 382 g/mol. The van der Waals surface area contributed by atoms with Gasteiger partial charge >= 0.3 is 0 Å². The number of aromatic nitrogens is 2. The summed E-state index contributed by atoms with van der Waals surface area (Å²) in [5, 5.41) is 10.8. The maximum absolute atomic E-state index is 12.5. The van der Waals surface area contributed by atoms with Crippen LogP contribution in [0.25, 0.3) is 11.5 Å². The summed E-state index contributed by atoms with van der Waals surface area (Å²) in [5.74, 6) is 2.06. The molecule has 1 amide bonds. The zero-order chi connectivity index (χ0) is 19.5. The molecule has 0 aliphatic carbocycles. The minimum absolute atomic E-state index is 0.197. The van der Waals surface area contributed by atoms with Crippen molar-refractivity contribution in [3.63, 3.8) is 0 Å². The Morgan fingerprint density at radius 1 is 1.18 bits per heavy atom. The second kappa shape index (κ2) is 7.81. The number of carbonyl (C=O) groups excluding carboxylic acids is 1. The average Bonchev–Trinajstić information content (AvgIpc) is 3.37. The highest BCUT2D eigenvalue weighted by Gasteiger charge is 2.21. The van der Waals surface area contributed by atoms with Gasteiger partial charge in [-0.15, -0.1) is 10.2 Å². The third-order valence-electron chi connectivity index (χ3n) is 4.04. The Hall–Kier alpha value is -3.20. The number of fused-ring (bicyclic) bond motifs is 1. The van der Waals surface area contributed by atoms with Crippen molar-refractivity contribution in [3.05, 3.63) is 42.5 Å². The molecule has 0 radical (unpaired) electrons. The number of thioether (sulfide) groups is 1. The molecule has 0 fully saturated rings. The van der Waals surface area contributed by atoms with Crippen LogP contribution in [0, 0.1) is 0 Å². The first kappa shape index (κ1) is 18.2. The Morgan fingerprint density at radius 2 is 2.00 bits per heavy atom. The highest BCUT2D eigenvalue weighted by molar-refractivity contribution is 8.00. The molecule has 1 aliphatic rings. The van der Waals surface area contributed by atoms with E-state index in [-0.39, 0.29) is 12.7 Å². The number of hydrogen-bond acceptors (Lipinski definition) is 8. The normalized spacial score (nSPS) is 13.2. The number of amides is 1. The SMILES string of the molecule is COc1ccccc1NC(=O)[C@H](C)Sc1nnc(-c2ccc3c(c2)OCO3)o1. The van der Waals surface area contributed by atoms with Crippen molar-refractivity contribution in [2.45, 2.75) is 17.4 Å². The summed E-state index contributed by atoms with van der Waals surface area (Å²) in [7, 11) is 1.55. The number of carbonyl (C=O) groups is 1. The molecule has 2 heterocycles. The van der Waals surface area contributed by atoms with E-state index < -0.39 is 5.25 Å². The number of nitrogens with zero attached hydrogens (tertiary/aromatic N) is 2. The van der Waals surface area contributed by atoms with E-state index in [0.717, 1.165) is 5.56 Å². The van der Waals surface area contributed by atoms with Crippen molar-refractivity contribution in [1.82, 2.24) is 10.2 Å². The van der Waals surface area contributed by atoms with Crippen LogP contribution in [0.5, 0.6) is 17.2 Å². The van der Waals surface area contributed by atoms with Gasteiger partial charge in [-0.3, -0.25) is 4.79 Å². The Balaban J connectivity index is 1.42. The van der Waals surface area contributed by atoms with Gasteiger partial charge in [0.2, 0.25) is 18.6 Å². The fourth-order valence-electron chi connectivity index (χ4n) is 2.59. The lowest BCUT2D eigenvalue weighted by Crippen LogP contribution is -2.22. The third kappa shape index (κ3) is 3.74. The van der Waals surface area contributed by atoms with E-state index in [1.807, 2.05) is 18.2 Å². The van der Waals surface area contributed by atoms with Crippen molar-refractivity contribution in [1.29, 1.82) is 0 Å². The number of methoxy groups -OCH3 is 1. The van der Waals surface area contributed by atoms with Crippen LogP contribution in [-0.4, -0.2) is 35.3 Å². The summed E-state index contributed by atoms with van der Waals surface area (Å²) in [6, 6.07) is 12.6. The van der Waals surface area contributed by atoms with E-state index >= 15 is 0 Å². The fourth-order valence-corrected chi connectivity index (χ4v) is 3.27. The first-order valence-electron chi connectivity index (χ1n) is 8.48. The quantitative estimate of drug-likeness (QED) is 0.628. The molecule has 28 heavy (non-hydrogen) atoms. The van der Waals surface area contributed by atoms with Gasteiger partial charge in [0, 0.05) is 5.56 Å². The molecule has 0 spiro atoms. The second-order valence-electron chi connectivity index (χ2n) is 5.89. The Bertz CT molecular complexity index is 1010. The van der Waals surface area contributed by atoms with Gasteiger partial charge in [-0.25, -0.2) is 0 Å². The predicted molar refractivity (Wildman–Crippen MR) is 103 cm³/mol. The van der Waals surface area contributed by atoms with Crippen molar-refractivity contribution in [2.75, 3.05) is 19.2 Å². The summed E-state index contributed by atoms with van der Waals surface area (Å²) < 4.78 is 21.6. The molecule has 0 unspecified atom stereocenters. The molecule has 1 aromatic heterocycles. The topological polar surface area (TPSA) is 95.7 Å². The van der Waals surface area contributed by atoms with Gasteiger partial charge < -0.3 is 23.9 Å². The largest absolute Gasteiger partial charge is 0.495 e. The van der Waals surface area contributed by atoms with Crippen molar-refractivity contribution in [3.8, 4) is 28.7 Å². The van der Waals surface area contributed by atoms with Gasteiger partial charge in [0.1, 0.15) is 5.75 Å². The van der Waals surface area contributed by atoms with Crippen LogP contribution in [0.3, 0.4) is 0 Å². The van der Waals surface area contributed by atoms with Crippen LogP contribution >= 0.6 is 11.8 Å². The molecule has 144 valence electrons. The molecule has 0 saturated heterocycles. The number of rotatable bonds is 6. The number of nitrogens with one attached hydrogen (secondary N) is 1. The first-order chi connectivity index (χ1) is 13.6. The minimum atomic E-state index is -0.449. The lowest BCUT2D eigenvalue weighted by Gasteiger charge is -2.12. The molecule has 2 aromatic carbocycles. The Kier molecular flexibility index (Phi) is 5.07. The van der Waals surface area contributed by atoms with E-state index in [2.05, 4.69) is 15.5 Å². The predicted octanol–water partition coefficient (Wildman–Crippen LogP) is 3.59. The first-order valence-corrected chi connectivity index (χ1v) is 9.36. The highest BCUT2D eigenvalue weighted by atomic mass is 32.2. The molecule has 8 nitrogen and oxygen atoms in total. The molecule has 0 bridgehead atoms. The summed E-state index contributed by atoms with van der Waals surface area (Å²) >= 11 is 1.18. The summed E-state index contributed by atoms with van der Waals surface area (Å²) in [4.78, 5) is 12.5. The van der Waals surface area contributed by atoms with Crippen molar-refractivity contribution >= 4 is 23.4 Å².